The van der Waals surface area contributed by atoms with Crippen molar-refractivity contribution in [2.45, 2.75) is 19.4 Å². The minimum atomic E-state index is 0.0596. The molecular weight excluding hydrogens is 114 g/mol. The van der Waals surface area contributed by atoms with E-state index in [1.165, 1.54) is 0 Å². The van der Waals surface area contributed by atoms with Gasteiger partial charge in [-0.05, 0) is 12.3 Å². The van der Waals surface area contributed by atoms with Crippen LogP contribution in [0.4, 0.5) is 0 Å². The van der Waals surface area contributed by atoms with Crippen molar-refractivity contribution in [1.82, 2.24) is 5.32 Å². The summed E-state index contributed by atoms with van der Waals surface area (Å²) in [5, 5.41) is 2.81. The van der Waals surface area contributed by atoms with Gasteiger partial charge in [-0.1, -0.05) is 6.08 Å². The first kappa shape index (κ1) is 6.33. The first-order valence-electron chi connectivity index (χ1n) is 3.13. The Labute approximate surface area is 54.9 Å². The van der Waals surface area contributed by atoms with Crippen molar-refractivity contribution in [2.24, 2.45) is 5.92 Å². The molecule has 0 aromatic heterocycles. The Morgan fingerprint density at radius 1 is 1.89 bits per heavy atom. The minimum Gasteiger partial charge on any atom is -0.353 e. The summed E-state index contributed by atoms with van der Waals surface area (Å²) in [4.78, 5) is 10.4. The Bertz CT molecular complexity index is 142. The summed E-state index contributed by atoms with van der Waals surface area (Å²) in [6, 6.07) is 0.389. The van der Waals surface area contributed by atoms with E-state index < -0.39 is 0 Å². The predicted octanol–water partition coefficient (Wildman–Crippen LogP) is 0.697. The Morgan fingerprint density at radius 2 is 2.56 bits per heavy atom. The smallest absolute Gasteiger partial charge is 0.217 e. The molecule has 0 bridgehead atoms. The zero-order valence-corrected chi connectivity index (χ0v) is 5.55. The normalized spacial score (nSPS) is 31.2. The highest BCUT2D eigenvalue weighted by atomic mass is 16.1. The topological polar surface area (TPSA) is 29.1 Å². The maximum Gasteiger partial charge on any atom is 0.217 e. The van der Waals surface area contributed by atoms with Crippen molar-refractivity contribution in [3.05, 3.63) is 12.7 Å². The second-order valence-corrected chi connectivity index (χ2v) is 2.44. The van der Waals surface area contributed by atoms with E-state index in [1.54, 1.807) is 6.92 Å². The van der Waals surface area contributed by atoms with Gasteiger partial charge in [0.05, 0.1) is 0 Å². The van der Waals surface area contributed by atoms with Gasteiger partial charge in [0, 0.05) is 13.0 Å². The van der Waals surface area contributed by atoms with Gasteiger partial charge in [-0.3, -0.25) is 4.79 Å². The van der Waals surface area contributed by atoms with Crippen molar-refractivity contribution in [3.63, 3.8) is 0 Å². The molecule has 0 aliphatic heterocycles. The van der Waals surface area contributed by atoms with Crippen LogP contribution in [-0.2, 0) is 4.79 Å². The third-order valence-corrected chi connectivity index (χ3v) is 1.53. The molecule has 0 unspecified atom stereocenters. The van der Waals surface area contributed by atoms with E-state index >= 15 is 0 Å². The monoisotopic (exact) mass is 125 g/mol. The molecule has 0 aromatic carbocycles. The third-order valence-electron chi connectivity index (χ3n) is 1.53. The van der Waals surface area contributed by atoms with E-state index in [4.69, 9.17) is 0 Å². The molecule has 0 radical (unpaired) electrons. The van der Waals surface area contributed by atoms with Crippen LogP contribution in [0.15, 0.2) is 12.7 Å². The molecule has 2 nitrogen and oxygen atoms in total. The van der Waals surface area contributed by atoms with Gasteiger partial charge in [0.25, 0.3) is 0 Å². The summed E-state index contributed by atoms with van der Waals surface area (Å²) in [6.07, 6.45) is 2.96. The molecule has 0 spiro atoms. The first-order valence-corrected chi connectivity index (χ1v) is 3.13. The summed E-state index contributed by atoms with van der Waals surface area (Å²) in [5.74, 6) is 0.596. The summed E-state index contributed by atoms with van der Waals surface area (Å²) < 4.78 is 0. The van der Waals surface area contributed by atoms with Crippen LogP contribution in [0, 0.1) is 5.92 Å². The molecule has 1 saturated carbocycles. The molecule has 0 aromatic rings. The Kier molecular flexibility index (Phi) is 1.56. The molecule has 1 rings (SSSR count). The molecule has 1 N–H and O–H groups in total. The third kappa shape index (κ3) is 1.56. The molecule has 1 aliphatic carbocycles. The first-order chi connectivity index (χ1) is 4.24. The van der Waals surface area contributed by atoms with E-state index in [1.807, 2.05) is 6.08 Å². The fourth-order valence-corrected chi connectivity index (χ4v) is 0.902. The number of carbonyl (C=O) groups is 1. The molecule has 1 amide bonds. The highest BCUT2D eigenvalue weighted by Crippen LogP contribution is 2.30. The highest BCUT2D eigenvalue weighted by molar-refractivity contribution is 5.73. The summed E-state index contributed by atoms with van der Waals surface area (Å²) in [7, 11) is 0. The number of rotatable bonds is 2. The van der Waals surface area contributed by atoms with Gasteiger partial charge in [0.2, 0.25) is 5.91 Å². The quantitative estimate of drug-likeness (QED) is 0.541. The van der Waals surface area contributed by atoms with Gasteiger partial charge in [-0.2, -0.15) is 0 Å². The van der Waals surface area contributed by atoms with Crippen molar-refractivity contribution >= 4 is 5.91 Å². The fraction of sp³-hybridized carbons (Fsp3) is 0.571. The lowest BCUT2D eigenvalue weighted by atomic mass is 10.4. The largest absolute Gasteiger partial charge is 0.353 e. The molecule has 2 atom stereocenters. The standard InChI is InChI=1S/C7H11NO/c1-3-6-4-7(6)8-5(2)9/h3,6-7H,1,4H2,2H3,(H,8,9)/t6-,7-/m1/s1. The van der Waals surface area contributed by atoms with Gasteiger partial charge < -0.3 is 5.32 Å². The predicted molar refractivity (Wildman–Crippen MR) is 35.9 cm³/mol. The van der Waals surface area contributed by atoms with Gasteiger partial charge >= 0.3 is 0 Å². The molecule has 9 heavy (non-hydrogen) atoms. The van der Waals surface area contributed by atoms with Crippen molar-refractivity contribution in [3.8, 4) is 0 Å². The Morgan fingerprint density at radius 3 is 2.89 bits per heavy atom. The highest BCUT2D eigenvalue weighted by Gasteiger charge is 2.34. The van der Waals surface area contributed by atoms with Gasteiger partial charge in [-0.25, -0.2) is 0 Å². The molecule has 0 saturated heterocycles. The lowest BCUT2D eigenvalue weighted by Crippen LogP contribution is -2.23. The van der Waals surface area contributed by atoms with Crippen LogP contribution in [0.2, 0.25) is 0 Å². The average Bonchev–Trinajstić information content (AvgIpc) is 2.45. The Balaban J connectivity index is 2.19. The van der Waals surface area contributed by atoms with Crippen LogP contribution < -0.4 is 5.32 Å². The average molecular weight is 125 g/mol. The maximum atomic E-state index is 10.4. The van der Waals surface area contributed by atoms with Gasteiger partial charge in [0.1, 0.15) is 0 Å². The van der Waals surface area contributed by atoms with Crippen molar-refractivity contribution in [2.75, 3.05) is 0 Å². The van der Waals surface area contributed by atoms with Crippen LogP contribution in [-0.4, -0.2) is 11.9 Å². The molecule has 1 fully saturated rings. The van der Waals surface area contributed by atoms with Crippen molar-refractivity contribution in [1.29, 1.82) is 0 Å². The summed E-state index contributed by atoms with van der Waals surface area (Å²) in [5.41, 5.74) is 0. The lowest BCUT2D eigenvalue weighted by molar-refractivity contribution is -0.119. The molecule has 50 valence electrons. The second kappa shape index (κ2) is 2.21. The second-order valence-electron chi connectivity index (χ2n) is 2.44. The number of nitrogens with one attached hydrogen (secondary N) is 1. The van der Waals surface area contributed by atoms with E-state index in [0.717, 1.165) is 6.42 Å². The maximum absolute atomic E-state index is 10.4. The SMILES string of the molecule is C=C[C@@H]1C[C@H]1NC(C)=O. The molecular formula is C7H11NO. The van der Waals surface area contributed by atoms with Gasteiger partial charge in [-0.15, -0.1) is 6.58 Å². The molecule has 2 heteroatoms. The van der Waals surface area contributed by atoms with E-state index in [2.05, 4.69) is 11.9 Å². The number of hydrogen-bond acceptors (Lipinski definition) is 1. The zero-order chi connectivity index (χ0) is 6.85. The van der Waals surface area contributed by atoms with E-state index in [-0.39, 0.29) is 5.91 Å². The van der Waals surface area contributed by atoms with Crippen LogP contribution in [0.3, 0.4) is 0 Å². The van der Waals surface area contributed by atoms with E-state index in [0.29, 0.717) is 12.0 Å². The van der Waals surface area contributed by atoms with Crippen LogP contribution in [0.25, 0.3) is 0 Å². The molecule has 1 aliphatic rings. The van der Waals surface area contributed by atoms with E-state index in [9.17, 15) is 4.79 Å². The Hall–Kier alpha value is -0.790. The number of amides is 1. The van der Waals surface area contributed by atoms with Crippen LogP contribution >= 0.6 is 0 Å². The van der Waals surface area contributed by atoms with Gasteiger partial charge in [0.15, 0.2) is 0 Å². The lowest BCUT2D eigenvalue weighted by Gasteiger charge is -1.94. The summed E-state index contributed by atoms with van der Waals surface area (Å²) in [6.45, 7) is 5.17. The number of hydrogen-bond donors (Lipinski definition) is 1. The zero-order valence-electron chi connectivity index (χ0n) is 5.55. The summed E-state index contributed by atoms with van der Waals surface area (Å²) >= 11 is 0. The van der Waals surface area contributed by atoms with Crippen LogP contribution in [0.1, 0.15) is 13.3 Å². The molecule has 0 heterocycles. The van der Waals surface area contributed by atoms with Crippen LogP contribution in [0.5, 0.6) is 0 Å². The fourth-order valence-electron chi connectivity index (χ4n) is 0.902. The number of carbonyl (C=O) groups excluding carboxylic acids is 1. The van der Waals surface area contributed by atoms with Crippen molar-refractivity contribution < 1.29 is 4.79 Å². The minimum absolute atomic E-state index is 0.0596.